The van der Waals surface area contributed by atoms with E-state index in [1.807, 2.05) is 18.4 Å². The zero-order valence-electron chi connectivity index (χ0n) is 11.5. The zero-order valence-corrected chi connectivity index (χ0v) is 12.3. The van der Waals surface area contributed by atoms with Crippen LogP contribution in [0.2, 0.25) is 0 Å². The van der Waals surface area contributed by atoms with Gasteiger partial charge in [-0.3, -0.25) is 0 Å². The standard InChI is InChI=1S/C12H22N4O2S/c1-3-16-9-12(14-10(16)2)19(17,18)15-11-6-4-5-7-13-8-11/h9,11,13,15H,3-8H2,1-2H3. The summed E-state index contributed by atoms with van der Waals surface area (Å²) in [5.74, 6) is 0.724. The SMILES string of the molecule is CCn1cc(S(=O)(=O)NC2CCCCNC2)nc1C. The third-order valence-corrected chi connectivity index (χ3v) is 4.83. The second kappa shape index (κ2) is 6.02. The molecule has 0 spiro atoms. The molecule has 1 saturated heterocycles. The van der Waals surface area contributed by atoms with Crippen molar-refractivity contribution in [1.29, 1.82) is 0 Å². The first kappa shape index (κ1) is 14.5. The van der Waals surface area contributed by atoms with E-state index in [2.05, 4.69) is 15.0 Å². The van der Waals surface area contributed by atoms with E-state index in [0.717, 1.165) is 38.2 Å². The minimum atomic E-state index is -3.51. The molecule has 7 heteroatoms. The second-order valence-electron chi connectivity index (χ2n) is 4.93. The molecule has 0 radical (unpaired) electrons. The Kier molecular flexibility index (Phi) is 4.59. The maximum Gasteiger partial charge on any atom is 0.259 e. The number of sulfonamides is 1. The van der Waals surface area contributed by atoms with Gasteiger partial charge in [-0.2, -0.15) is 0 Å². The number of rotatable bonds is 4. The molecule has 2 heterocycles. The highest BCUT2D eigenvalue weighted by molar-refractivity contribution is 7.89. The fourth-order valence-electron chi connectivity index (χ4n) is 2.33. The van der Waals surface area contributed by atoms with Crippen LogP contribution >= 0.6 is 0 Å². The minimum Gasteiger partial charge on any atom is -0.334 e. The molecule has 1 aromatic rings. The van der Waals surface area contributed by atoms with Crippen LogP contribution in [-0.4, -0.2) is 37.1 Å². The zero-order chi connectivity index (χ0) is 13.9. The number of aromatic nitrogens is 2. The molecule has 1 aliphatic heterocycles. The highest BCUT2D eigenvalue weighted by atomic mass is 32.2. The first-order valence-electron chi connectivity index (χ1n) is 6.79. The van der Waals surface area contributed by atoms with E-state index < -0.39 is 10.0 Å². The summed E-state index contributed by atoms with van der Waals surface area (Å²) in [5, 5.41) is 3.37. The summed E-state index contributed by atoms with van der Waals surface area (Å²) in [4.78, 5) is 4.13. The van der Waals surface area contributed by atoms with Crippen molar-refractivity contribution in [1.82, 2.24) is 19.6 Å². The summed E-state index contributed by atoms with van der Waals surface area (Å²) in [7, 11) is -3.51. The summed E-state index contributed by atoms with van der Waals surface area (Å²) < 4.78 is 29.1. The van der Waals surface area contributed by atoms with Crippen molar-refractivity contribution < 1.29 is 8.42 Å². The summed E-state index contributed by atoms with van der Waals surface area (Å²) in [6, 6.07) is -0.0421. The third-order valence-electron chi connectivity index (χ3n) is 3.44. The van der Waals surface area contributed by atoms with Gasteiger partial charge in [-0.05, 0) is 33.2 Å². The predicted octanol–water partition coefficient (Wildman–Crippen LogP) is 0.632. The minimum absolute atomic E-state index is 0.0421. The van der Waals surface area contributed by atoms with E-state index in [-0.39, 0.29) is 11.1 Å². The quantitative estimate of drug-likeness (QED) is 0.851. The average Bonchev–Trinajstić information content (AvgIpc) is 2.58. The number of hydrogen-bond acceptors (Lipinski definition) is 4. The highest BCUT2D eigenvalue weighted by Crippen LogP contribution is 2.12. The van der Waals surface area contributed by atoms with E-state index in [4.69, 9.17) is 0 Å². The van der Waals surface area contributed by atoms with Gasteiger partial charge >= 0.3 is 0 Å². The molecule has 1 aliphatic rings. The molecule has 1 aromatic heterocycles. The van der Waals surface area contributed by atoms with Crippen LogP contribution in [0.1, 0.15) is 32.0 Å². The van der Waals surface area contributed by atoms with Gasteiger partial charge in [-0.15, -0.1) is 0 Å². The summed E-state index contributed by atoms with van der Waals surface area (Å²) in [6.07, 6.45) is 4.62. The van der Waals surface area contributed by atoms with Gasteiger partial charge in [0.25, 0.3) is 10.0 Å². The normalized spacial score (nSPS) is 21.3. The Bertz CT molecular complexity index is 516. The van der Waals surface area contributed by atoms with Crippen LogP contribution in [0.5, 0.6) is 0 Å². The number of aryl methyl sites for hydroxylation is 2. The fourth-order valence-corrected chi connectivity index (χ4v) is 3.61. The number of imidazole rings is 1. The van der Waals surface area contributed by atoms with Crippen molar-refractivity contribution >= 4 is 10.0 Å². The van der Waals surface area contributed by atoms with Gasteiger partial charge in [-0.25, -0.2) is 18.1 Å². The van der Waals surface area contributed by atoms with E-state index in [0.29, 0.717) is 6.54 Å². The third kappa shape index (κ3) is 3.55. The topological polar surface area (TPSA) is 76.0 Å². The largest absolute Gasteiger partial charge is 0.334 e. The molecule has 0 bridgehead atoms. The monoisotopic (exact) mass is 286 g/mol. The molecule has 6 nitrogen and oxygen atoms in total. The lowest BCUT2D eigenvalue weighted by molar-refractivity contribution is 0.519. The van der Waals surface area contributed by atoms with Crippen molar-refractivity contribution in [3.8, 4) is 0 Å². The van der Waals surface area contributed by atoms with Crippen molar-refractivity contribution in [3.63, 3.8) is 0 Å². The molecule has 2 rings (SSSR count). The van der Waals surface area contributed by atoms with Crippen molar-refractivity contribution in [2.24, 2.45) is 0 Å². The maximum absolute atomic E-state index is 12.3. The number of nitrogens with zero attached hydrogens (tertiary/aromatic N) is 2. The lowest BCUT2D eigenvalue weighted by Gasteiger charge is -2.15. The molecule has 19 heavy (non-hydrogen) atoms. The van der Waals surface area contributed by atoms with Crippen LogP contribution in [0.4, 0.5) is 0 Å². The molecule has 1 unspecified atom stereocenters. The predicted molar refractivity (Wildman–Crippen MR) is 73.5 cm³/mol. The maximum atomic E-state index is 12.3. The van der Waals surface area contributed by atoms with Crippen LogP contribution in [-0.2, 0) is 16.6 Å². The Labute approximate surface area is 114 Å². The van der Waals surface area contributed by atoms with Crippen LogP contribution in [0.25, 0.3) is 0 Å². The molecule has 0 aliphatic carbocycles. The van der Waals surface area contributed by atoms with E-state index in [1.54, 1.807) is 6.20 Å². The molecular weight excluding hydrogens is 264 g/mol. The Morgan fingerprint density at radius 2 is 2.32 bits per heavy atom. The van der Waals surface area contributed by atoms with Gasteiger partial charge < -0.3 is 9.88 Å². The molecule has 0 aromatic carbocycles. The fraction of sp³-hybridized carbons (Fsp3) is 0.750. The van der Waals surface area contributed by atoms with Crippen LogP contribution in [0.15, 0.2) is 11.2 Å². The van der Waals surface area contributed by atoms with Crippen molar-refractivity contribution in [3.05, 3.63) is 12.0 Å². The van der Waals surface area contributed by atoms with Crippen molar-refractivity contribution in [2.75, 3.05) is 13.1 Å². The highest BCUT2D eigenvalue weighted by Gasteiger charge is 2.23. The van der Waals surface area contributed by atoms with Gasteiger partial charge in [0.05, 0.1) is 0 Å². The smallest absolute Gasteiger partial charge is 0.259 e. The number of hydrogen-bond donors (Lipinski definition) is 2. The van der Waals surface area contributed by atoms with E-state index in [9.17, 15) is 8.42 Å². The molecule has 108 valence electrons. The number of nitrogens with one attached hydrogen (secondary N) is 2. The van der Waals surface area contributed by atoms with Crippen molar-refractivity contribution in [2.45, 2.75) is 50.7 Å². The van der Waals surface area contributed by atoms with Gasteiger partial charge in [0.15, 0.2) is 5.03 Å². The second-order valence-corrected chi connectivity index (χ2v) is 6.59. The Balaban J connectivity index is 2.12. The van der Waals surface area contributed by atoms with Gasteiger partial charge in [0.1, 0.15) is 5.82 Å². The van der Waals surface area contributed by atoms with Gasteiger partial charge in [-0.1, -0.05) is 6.42 Å². The Hall–Kier alpha value is -0.920. The molecule has 1 atom stereocenters. The van der Waals surface area contributed by atoms with Crippen LogP contribution in [0, 0.1) is 6.92 Å². The van der Waals surface area contributed by atoms with Gasteiger partial charge in [0, 0.05) is 25.3 Å². The Morgan fingerprint density at radius 3 is 3.00 bits per heavy atom. The molecule has 1 fully saturated rings. The lowest BCUT2D eigenvalue weighted by Crippen LogP contribution is -2.40. The molecule has 0 amide bonds. The van der Waals surface area contributed by atoms with E-state index in [1.165, 1.54) is 0 Å². The first-order chi connectivity index (χ1) is 9.03. The summed E-state index contributed by atoms with van der Waals surface area (Å²) in [5.41, 5.74) is 0. The molecular formula is C12H22N4O2S. The lowest BCUT2D eigenvalue weighted by atomic mass is 10.2. The first-order valence-corrected chi connectivity index (χ1v) is 8.28. The Morgan fingerprint density at radius 1 is 1.53 bits per heavy atom. The average molecular weight is 286 g/mol. The van der Waals surface area contributed by atoms with E-state index >= 15 is 0 Å². The van der Waals surface area contributed by atoms with Crippen LogP contribution in [0.3, 0.4) is 0 Å². The summed E-state index contributed by atoms with van der Waals surface area (Å²) >= 11 is 0. The molecule has 2 N–H and O–H groups in total. The van der Waals surface area contributed by atoms with Crippen LogP contribution < -0.4 is 10.0 Å². The molecule has 0 saturated carbocycles. The summed E-state index contributed by atoms with van der Waals surface area (Å²) in [6.45, 7) is 6.15. The van der Waals surface area contributed by atoms with Gasteiger partial charge in [0.2, 0.25) is 0 Å².